The van der Waals surface area contributed by atoms with E-state index in [4.69, 9.17) is 0 Å². The number of aryl methyl sites for hydroxylation is 1. The Bertz CT molecular complexity index is 510. The van der Waals surface area contributed by atoms with Crippen LogP contribution in [0.5, 0.6) is 0 Å². The molecule has 4 heteroatoms. The molecule has 1 aliphatic rings. The molecule has 3 nitrogen and oxygen atoms in total. The van der Waals surface area contributed by atoms with Crippen LogP contribution in [0.25, 0.3) is 0 Å². The maximum Gasteiger partial charge on any atom is 0.0965 e. The molecule has 0 saturated heterocycles. The number of hydrogen-bond donors (Lipinski definition) is 1. The van der Waals surface area contributed by atoms with E-state index < -0.39 is 0 Å². The van der Waals surface area contributed by atoms with Crippen LogP contribution >= 0.6 is 11.3 Å². The number of aromatic nitrogens is 2. The van der Waals surface area contributed by atoms with Gasteiger partial charge in [0.2, 0.25) is 0 Å². The lowest BCUT2D eigenvalue weighted by atomic mass is 10.1. The molecule has 0 spiro atoms. The average molecular weight is 259 g/mol. The summed E-state index contributed by atoms with van der Waals surface area (Å²) in [7, 11) is 0. The number of nitrogens with zero attached hydrogens (tertiary/aromatic N) is 2. The van der Waals surface area contributed by atoms with Crippen molar-refractivity contribution in [3.05, 3.63) is 46.2 Å². The number of pyridine rings is 1. The summed E-state index contributed by atoms with van der Waals surface area (Å²) in [6, 6.07) is 4.64. The van der Waals surface area contributed by atoms with Gasteiger partial charge in [0.05, 0.1) is 16.7 Å². The first-order valence-corrected chi connectivity index (χ1v) is 7.29. The van der Waals surface area contributed by atoms with Gasteiger partial charge in [-0.25, -0.2) is 4.98 Å². The number of thiazole rings is 1. The maximum atomic E-state index is 4.51. The van der Waals surface area contributed by atoms with Gasteiger partial charge in [-0.1, -0.05) is 13.0 Å². The highest BCUT2D eigenvalue weighted by molar-refractivity contribution is 7.09. The van der Waals surface area contributed by atoms with E-state index in [1.165, 1.54) is 16.3 Å². The van der Waals surface area contributed by atoms with Crippen molar-refractivity contribution in [2.45, 2.75) is 31.7 Å². The molecule has 1 aliphatic carbocycles. The van der Waals surface area contributed by atoms with Gasteiger partial charge in [-0.15, -0.1) is 11.3 Å². The third kappa shape index (κ3) is 2.31. The highest BCUT2D eigenvalue weighted by Crippen LogP contribution is 2.29. The van der Waals surface area contributed by atoms with Crippen molar-refractivity contribution in [1.29, 1.82) is 0 Å². The van der Waals surface area contributed by atoms with Crippen molar-refractivity contribution in [2.24, 2.45) is 0 Å². The molecule has 0 fully saturated rings. The first kappa shape index (κ1) is 11.8. The van der Waals surface area contributed by atoms with Gasteiger partial charge in [0, 0.05) is 30.2 Å². The van der Waals surface area contributed by atoms with Crippen molar-refractivity contribution < 1.29 is 0 Å². The number of hydrogen-bond acceptors (Lipinski definition) is 4. The van der Waals surface area contributed by atoms with Gasteiger partial charge in [0.1, 0.15) is 0 Å². The van der Waals surface area contributed by atoms with Crippen molar-refractivity contribution in [3.63, 3.8) is 0 Å². The minimum Gasteiger partial charge on any atom is -0.308 e. The Morgan fingerprint density at radius 1 is 1.44 bits per heavy atom. The topological polar surface area (TPSA) is 37.8 Å². The molecule has 0 aromatic carbocycles. The number of rotatable bonds is 4. The Labute approximate surface area is 111 Å². The highest BCUT2D eigenvalue weighted by Gasteiger charge is 2.23. The van der Waals surface area contributed by atoms with Crippen LogP contribution in [0.3, 0.4) is 0 Å². The van der Waals surface area contributed by atoms with E-state index in [0.29, 0.717) is 12.0 Å². The van der Waals surface area contributed by atoms with Crippen LogP contribution < -0.4 is 5.32 Å². The first-order valence-electron chi connectivity index (χ1n) is 6.41. The predicted molar refractivity (Wildman–Crippen MR) is 73.8 cm³/mol. The Balaban J connectivity index is 1.62. The van der Waals surface area contributed by atoms with Gasteiger partial charge in [-0.2, -0.15) is 0 Å². The van der Waals surface area contributed by atoms with Crippen LogP contribution in [0.15, 0.2) is 29.9 Å². The summed E-state index contributed by atoms with van der Waals surface area (Å²) in [5, 5.41) is 6.88. The van der Waals surface area contributed by atoms with Crippen molar-refractivity contribution >= 4 is 11.3 Å². The van der Waals surface area contributed by atoms with E-state index in [9.17, 15) is 0 Å². The Kier molecular flexibility index (Phi) is 3.39. The molecule has 2 aromatic heterocycles. The molecule has 0 amide bonds. The zero-order chi connectivity index (χ0) is 12.4. The second-order valence-electron chi connectivity index (χ2n) is 4.82. The van der Waals surface area contributed by atoms with Crippen molar-refractivity contribution in [1.82, 2.24) is 15.3 Å². The summed E-state index contributed by atoms with van der Waals surface area (Å²) in [6.45, 7) is 3.19. The normalized spacial score (nSPS) is 19.7. The van der Waals surface area contributed by atoms with E-state index in [-0.39, 0.29) is 0 Å². The van der Waals surface area contributed by atoms with E-state index in [0.717, 1.165) is 19.4 Å². The minimum absolute atomic E-state index is 0.420. The zero-order valence-electron chi connectivity index (χ0n) is 10.5. The van der Waals surface area contributed by atoms with Crippen molar-refractivity contribution in [3.8, 4) is 0 Å². The smallest absolute Gasteiger partial charge is 0.0965 e. The molecule has 2 aromatic rings. The fraction of sp³-hybridized carbons (Fsp3) is 0.429. The maximum absolute atomic E-state index is 4.51. The minimum atomic E-state index is 0.420. The molecule has 2 unspecified atom stereocenters. The SMILES string of the molecule is CC(CNC1CCc2cccnc21)c1nccs1. The van der Waals surface area contributed by atoms with Crippen LogP contribution in [0.2, 0.25) is 0 Å². The molecule has 0 bridgehead atoms. The molecule has 18 heavy (non-hydrogen) atoms. The first-order chi connectivity index (χ1) is 8.84. The second kappa shape index (κ2) is 5.16. The van der Waals surface area contributed by atoms with Crippen LogP contribution in [-0.2, 0) is 6.42 Å². The molecule has 94 valence electrons. The Morgan fingerprint density at radius 3 is 3.22 bits per heavy atom. The highest BCUT2D eigenvalue weighted by atomic mass is 32.1. The lowest BCUT2D eigenvalue weighted by Gasteiger charge is -2.16. The van der Waals surface area contributed by atoms with Crippen LogP contribution in [0.1, 0.15) is 41.6 Å². The van der Waals surface area contributed by atoms with Gasteiger partial charge in [0.15, 0.2) is 0 Å². The molecule has 1 N–H and O–H groups in total. The molecular formula is C14H17N3S. The third-order valence-electron chi connectivity index (χ3n) is 3.50. The number of fused-ring (bicyclic) bond motifs is 1. The molecule has 3 rings (SSSR count). The molecule has 2 heterocycles. The van der Waals surface area contributed by atoms with Crippen LogP contribution in [0.4, 0.5) is 0 Å². The van der Waals surface area contributed by atoms with E-state index in [2.05, 4.69) is 28.3 Å². The monoisotopic (exact) mass is 259 g/mol. The largest absolute Gasteiger partial charge is 0.308 e. The Morgan fingerprint density at radius 2 is 2.39 bits per heavy atom. The van der Waals surface area contributed by atoms with Crippen LogP contribution in [0, 0.1) is 0 Å². The van der Waals surface area contributed by atoms with E-state index in [1.807, 2.05) is 23.8 Å². The quantitative estimate of drug-likeness (QED) is 0.917. The predicted octanol–water partition coefficient (Wildman–Crippen LogP) is 2.92. The zero-order valence-corrected chi connectivity index (χ0v) is 11.3. The summed E-state index contributed by atoms with van der Waals surface area (Å²) >= 11 is 1.73. The molecular weight excluding hydrogens is 242 g/mol. The summed E-state index contributed by atoms with van der Waals surface area (Å²) < 4.78 is 0. The van der Waals surface area contributed by atoms with Crippen LogP contribution in [-0.4, -0.2) is 16.5 Å². The molecule has 2 atom stereocenters. The summed E-state index contributed by atoms with van der Waals surface area (Å²) in [4.78, 5) is 8.87. The van der Waals surface area contributed by atoms with Crippen molar-refractivity contribution in [2.75, 3.05) is 6.54 Å². The average Bonchev–Trinajstić information content (AvgIpc) is 3.06. The molecule has 0 aliphatic heterocycles. The van der Waals surface area contributed by atoms with E-state index in [1.54, 1.807) is 11.3 Å². The lowest BCUT2D eigenvalue weighted by Crippen LogP contribution is -2.24. The molecule has 0 saturated carbocycles. The summed E-state index contributed by atoms with van der Waals surface area (Å²) in [5.74, 6) is 0.470. The van der Waals surface area contributed by atoms with E-state index >= 15 is 0 Å². The fourth-order valence-electron chi connectivity index (χ4n) is 2.50. The third-order valence-corrected chi connectivity index (χ3v) is 4.51. The van der Waals surface area contributed by atoms with Gasteiger partial charge >= 0.3 is 0 Å². The second-order valence-corrected chi connectivity index (χ2v) is 5.74. The van der Waals surface area contributed by atoms with Gasteiger partial charge in [-0.05, 0) is 24.5 Å². The molecule has 0 radical (unpaired) electrons. The number of nitrogens with one attached hydrogen (secondary N) is 1. The van der Waals surface area contributed by atoms with Gasteiger partial charge in [-0.3, -0.25) is 4.98 Å². The lowest BCUT2D eigenvalue weighted by molar-refractivity contribution is 0.496. The fourth-order valence-corrected chi connectivity index (χ4v) is 3.19. The Hall–Kier alpha value is -1.26. The standard InChI is InChI=1S/C14H17N3S/c1-10(14-16-7-8-18-14)9-17-12-5-4-11-3-2-6-15-13(11)12/h2-3,6-8,10,12,17H,4-5,9H2,1H3. The summed E-state index contributed by atoms with van der Waals surface area (Å²) in [6.07, 6.45) is 6.08. The summed E-state index contributed by atoms with van der Waals surface area (Å²) in [5.41, 5.74) is 2.64. The van der Waals surface area contributed by atoms with Gasteiger partial charge < -0.3 is 5.32 Å². The van der Waals surface area contributed by atoms with Gasteiger partial charge in [0.25, 0.3) is 0 Å².